The van der Waals surface area contributed by atoms with Crippen LogP contribution in [0.5, 0.6) is 0 Å². The molecular weight excluding hydrogens is 869 g/mol. The zero-order chi connectivity index (χ0) is 44.8. The van der Waals surface area contributed by atoms with Gasteiger partial charge in [-0.1, -0.05) is 133 Å². The highest BCUT2D eigenvalue weighted by Gasteiger charge is 2.35. The molecule has 4 aromatic heterocycles. The molecule has 12 rings (SSSR count). The second-order valence-corrected chi connectivity index (χ2v) is 18.7. The second kappa shape index (κ2) is 15.4. The summed E-state index contributed by atoms with van der Waals surface area (Å²) in [5.41, 5.74) is 5.78. The third kappa shape index (κ3) is 6.36. The Bertz CT molecular complexity index is 3790. The summed E-state index contributed by atoms with van der Waals surface area (Å²) in [7, 11) is 0. The smallest absolute Gasteiger partial charge is 0.419 e. The van der Waals surface area contributed by atoms with Crippen LogP contribution in [0, 0.1) is 11.8 Å². The van der Waals surface area contributed by atoms with E-state index in [1.165, 1.54) is 22.7 Å². The summed E-state index contributed by atoms with van der Waals surface area (Å²) in [6, 6.07) is 36.8. The van der Waals surface area contributed by atoms with Crippen LogP contribution in [0.25, 0.3) is 68.0 Å². The summed E-state index contributed by atoms with van der Waals surface area (Å²) in [6.45, 7) is 0.117. The Morgan fingerprint density at radius 3 is 1.58 bits per heavy atom. The van der Waals surface area contributed by atoms with E-state index in [-0.39, 0.29) is 30.8 Å². The molecule has 0 aliphatic heterocycles. The number of allylic oxidation sites excluding steroid dienone is 1. The minimum Gasteiger partial charge on any atom is -0.444 e. The highest BCUT2D eigenvalue weighted by molar-refractivity contribution is 7.20. The minimum absolute atomic E-state index is 0.0560. The number of carbonyl (C=O) groups excluding carboxylic acids is 5. The van der Waals surface area contributed by atoms with Gasteiger partial charge in [-0.3, -0.25) is 14.4 Å². The zero-order valence-corrected chi connectivity index (χ0v) is 36.3. The van der Waals surface area contributed by atoms with Crippen molar-refractivity contribution >= 4 is 120 Å². The van der Waals surface area contributed by atoms with Gasteiger partial charge in [0, 0.05) is 48.7 Å². The molecule has 0 amide bonds. The van der Waals surface area contributed by atoms with Gasteiger partial charge in [0.2, 0.25) is 11.6 Å². The van der Waals surface area contributed by atoms with Crippen molar-refractivity contribution in [3.05, 3.63) is 186 Å². The quantitative estimate of drug-likeness (QED) is 0.133. The minimum atomic E-state index is -1.24. The Morgan fingerprint density at radius 1 is 0.561 bits per heavy atom. The van der Waals surface area contributed by atoms with Crippen LogP contribution in [-0.4, -0.2) is 43.8 Å². The van der Waals surface area contributed by atoms with E-state index < -0.39 is 29.9 Å². The number of carbonyl (C=O) groups is 5. The molecule has 4 aliphatic rings. The number of ketones is 3. The summed E-state index contributed by atoms with van der Waals surface area (Å²) in [5, 5.41) is 13.7. The van der Waals surface area contributed by atoms with Gasteiger partial charge in [-0.05, 0) is 52.1 Å². The molecule has 0 bridgehead atoms. The fourth-order valence-corrected chi connectivity index (χ4v) is 11.8. The summed E-state index contributed by atoms with van der Waals surface area (Å²) < 4.78 is 16.7. The van der Waals surface area contributed by atoms with E-state index in [0.29, 0.717) is 60.0 Å². The van der Waals surface area contributed by atoms with E-state index in [1.54, 1.807) is 57.7 Å². The Kier molecular flexibility index (Phi) is 9.31. The molecule has 4 aromatic carbocycles. The van der Waals surface area contributed by atoms with Crippen LogP contribution < -0.4 is 21.1 Å². The number of ether oxygens (including phenoxy) is 2. The van der Waals surface area contributed by atoms with Crippen LogP contribution in [-0.2, 0) is 32.3 Å². The first-order chi connectivity index (χ1) is 32.2. The van der Waals surface area contributed by atoms with Crippen molar-refractivity contribution < 1.29 is 38.6 Å². The SMILES string of the molecule is O=C1C(=O)c2ccccc2/C1=C/c1cc2c(s1)c1c(n2C(=O)OCc2ccccc2)=CC2C=c3c(n(C(=O)OCc4ccccc4)c4cc(/C=C5\C(=O)C(O)c6ccccc65)sc34)=CC2C=1. The molecule has 4 aliphatic carbocycles. The van der Waals surface area contributed by atoms with Crippen molar-refractivity contribution in [2.24, 2.45) is 11.8 Å². The fourth-order valence-electron chi connectivity index (χ4n) is 9.56. The number of hydrogen-bond donors (Lipinski definition) is 1. The van der Waals surface area contributed by atoms with Gasteiger partial charge in [0.1, 0.15) is 19.3 Å². The highest BCUT2D eigenvalue weighted by atomic mass is 32.1. The molecule has 0 saturated carbocycles. The number of aliphatic hydroxyl groups is 1. The molecule has 0 fully saturated rings. The molecule has 4 heterocycles. The fraction of sp³-hybridized carbons (Fsp3) is 0.0926. The normalized spacial score (nSPS) is 19.1. The molecule has 66 heavy (non-hydrogen) atoms. The number of thiophene rings is 2. The van der Waals surface area contributed by atoms with E-state index in [0.717, 1.165) is 35.8 Å². The van der Waals surface area contributed by atoms with Gasteiger partial charge in [0.15, 0.2) is 5.78 Å². The number of nitrogens with zero attached hydrogens (tertiary/aromatic N) is 2. The lowest BCUT2D eigenvalue weighted by molar-refractivity contribution is -0.120. The molecule has 8 aromatic rings. The number of aliphatic hydroxyl groups excluding tert-OH is 1. The average Bonchev–Trinajstić information content (AvgIpc) is 4.17. The summed E-state index contributed by atoms with van der Waals surface area (Å²) in [4.78, 5) is 69.5. The number of rotatable bonds is 6. The number of benzene rings is 4. The van der Waals surface area contributed by atoms with Crippen LogP contribution in [0.1, 0.15) is 54.0 Å². The van der Waals surface area contributed by atoms with Crippen molar-refractivity contribution in [3.63, 3.8) is 0 Å². The third-order valence-corrected chi connectivity index (χ3v) is 14.9. The van der Waals surface area contributed by atoms with Gasteiger partial charge in [-0.25, -0.2) is 18.7 Å². The molecule has 0 spiro atoms. The molecule has 3 unspecified atom stereocenters. The van der Waals surface area contributed by atoms with E-state index in [4.69, 9.17) is 9.47 Å². The average molecular weight is 903 g/mol. The molecule has 3 atom stereocenters. The maximum Gasteiger partial charge on any atom is 0.419 e. The van der Waals surface area contributed by atoms with Gasteiger partial charge < -0.3 is 14.6 Å². The molecule has 0 radical (unpaired) electrons. The van der Waals surface area contributed by atoms with Crippen molar-refractivity contribution in [2.75, 3.05) is 0 Å². The first kappa shape index (κ1) is 39.8. The number of hydrogen-bond acceptors (Lipinski definition) is 10. The Morgan fingerprint density at radius 2 is 1.03 bits per heavy atom. The van der Waals surface area contributed by atoms with Crippen LogP contribution in [0.2, 0.25) is 0 Å². The Balaban J connectivity index is 1.01. The van der Waals surface area contributed by atoms with Crippen molar-refractivity contribution in [1.29, 1.82) is 0 Å². The lowest BCUT2D eigenvalue weighted by Crippen LogP contribution is -2.42. The van der Waals surface area contributed by atoms with E-state index >= 15 is 0 Å². The van der Waals surface area contributed by atoms with Crippen molar-refractivity contribution in [2.45, 2.75) is 19.3 Å². The summed E-state index contributed by atoms with van der Waals surface area (Å²) in [5.74, 6) is -1.98. The zero-order valence-electron chi connectivity index (χ0n) is 34.7. The van der Waals surface area contributed by atoms with Crippen LogP contribution in [0.15, 0.2) is 121 Å². The molecule has 1 N–H and O–H groups in total. The third-order valence-electron chi connectivity index (χ3n) is 12.7. The lowest BCUT2D eigenvalue weighted by Gasteiger charge is -2.21. The molecular formula is C54H34N2O8S2. The topological polar surface area (TPSA) is 134 Å². The van der Waals surface area contributed by atoms with Gasteiger partial charge in [0.05, 0.1) is 31.1 Å². The van der Waals surface area contributed by atoms with E-state index in [2.05, 4.69) is 24.3 Å². The highest BCUT2D eigenvalue weighted by Crippen LogP contribution is 2.40. The maximum absolute atomic E-state index is 14.3. The molecule has 12 heteroatoms. The van der Waals surface area contributed by atoms with E-state index in [9.17, 15) is 29.1 Å². The van der Waals surface area contributed by atoms with Gasteiger partial charge in [-0.2, -0.15) is 0 Å². The monoisotopic (exact) mass is 902 g/mol. The second-order valence-electron chi connectivity index (χ2n) is 16.6. The summed E-state index contributed by atoms with van der Waals surface area (Å²) >= 11 is 2.86. The largest absolute Gasteiger partial charge is 0.444 e. The van der Waals surface area contributed by atoms with Gasteiger partial charge >= 0.3 is 12.2 Å². The first-order valence-corrected chi connectivity index (χ1v) is 22.9. The van der Waals surface area contributed by atoms with Crippen LogP contribution >= 0.6 is 22.7 Å². The number of aromatic nitrogens is 2. The molecule has 0 saturated heterocycles. The lowest BCUT2D eigenvalue weighted by atomic mass is 9.84. The van der Waals surface area contributed by atoms with E-state index in [1.807, 2.05) is 84.9 Å². The first-order valence-electron chi connectivity index (χ1n) is 21.3. The molecule has 10 nitrogen and oxygen atoms in total. The van der Waals surface area contributed by atoms with Crippen molar-refractivity contribution in [1.82, 2.24) is 9.13 Å². The maximum atomic E-state index is 14.3. The summed E-state index contributed by atoms with van der Waals surface area (Å²) in [6.07, 6.45) is 9.48. The van der Waals surface area contributed by atoms with Crippen molar-refractivity contribution in [3.8, 4) is 0 Å². The van der Waals surface area contributed by atoms with Crippen LogP contribution in [0.4, 0.5) is 9.59 Å². The van der Waals surface area contributed by atoms with Crippen LogP contribution in [0.3, 0.4) is 0 Å². The predicted octanol–water partition coefficient (Wildman–Crippen LogP) is 7.63. The molecule has 320 valence electrons. The van der Waals surface area contributed by atoms with Gasteiger partial charge in [0.25, 0.3) is 0 Å². The Labute approximate surface area is 382 Å². The Hall–Kier alpha value is -7.77. The predicted molar refractivity (Wildman–Crippen MR) is 255 cm³/mol. The van der Waals surface area contributed by atoms with Gasteiger partial charge in [-0.15, -0.1) is 22.7 Å². The standard InChI is InChI=1S/C54H34N2O8S2/c57-47-37-17-9-7-15-35(37)39(49(47)59)23-33-25-45-51(65-33)41-19-32-22-44-42(20-31(32)21-43(41)55(45)53(61)63-27-29-11-3-1-4-12-29)52-46(56(44)54(62)64-28-30-13-5-2-6-14-30)26-34(66-52)24-40-36-16-8-10-18-38(36)48(58)50(40)60/h1-26,31-32,47,57H,27-28H2/b39-23-,40-24-. The number of Topliss-reactive ketones (excluding diaryl/α,β-unsaturated/α-hetero) is 3. The number of fused-ring (bicyclic) bond motifs is 9.